The van der Waals surface area contributed by atoms with Crippen molar-refractivity contribution in [2.24, 2.45) is 52.3 Å². The predicted molar refractivity (Wildman–Crippen MR) is 126 cm³/mol. The predicted octanol–water partition coefficient (Wildman–Crippen LogP) is 4.51. The molecule has 4 aliphatic rings. The average Bonchev–Trinajstić information content (AvgIpc) is 3.09. The summed E-state index contributed by atoms with van der Waals surface area (Å²) in [5, 5.41) is 22.2. The summed E-state index contributed by atoms with van der Waals surface area (Å²) < 4.78 is 36.6. The molecule has 0 aliphatic heterocycles. The van der Waals surface area contributed by atoms with Crippen molar-refractivity contribution in [2.45, 2.75) is 104 Å². The Kier molecular flexibility index (Phi) is 7.33. The Balaban J connectivity index is 1.51. The van der Waals surface area contributed by atoms with Gasteiger partial charge in [0.05, 0.1) is 18.8 Å². The van der Waals surface area contributed by atoms with Gasteiger partial charge in [0.2, 0.25) is 10.4 Å². The van der Waals surface area contributed by atoms with Gasteiger partial charge in [0.15, 0.2) is 0 Å². The van der Waals surface area contributed by atoms with Crippen LogP contribution in [0.2, 0.25) is 0 Å². The van der Waals surface area contributed by atoms with Crippen LogP contribution in [0.25, 0.3) is 0 Å². The van der Waals surface area contributed by atoms with E-state index in [1.165, 1.54) is 6.42 Å². The van der Waals surface area contributed by atoms with E-state index in [2.05, 4.69) is 31.9 Å². The largest absolute Gasteiger partial charge is 0.726 e. The SMILES string of the molecule is CC[C@H]1[C@@H](O)C2C3CC[C@H](C(C)CCCOS(=O)(=O)[O-])[C@@]3(C)CCC2[C@@]2(C)CC[C@@H](O)C[C@@H]12. The van der Waals surface area contributed by atoms with E-state index >= 15 is 0 Å². The molecule has 0 heterocycles. The summed E-state index contributed by atoms with van der Waals surface area (Å²) in [5.74, 6) is 3.09. The highest BCUT2D eigenvalue weighted by atomic mass is 32.3. The van der Waals surface area contributed by atoms with Gasteiger partial charge >= 0.3 is 0 Å². The first-order valence-electron chi connectivity index (χ1n) is 13.4. The summed E-state index contributed by atoms with van der Waals surface area (Å²) >= 11 is 0. The highest BCUT2D eigenvalue weighted by Crippen LogP contribution is 2.69. The van der Waals surface area contributed by atoms with Crippen molar-refractivity contribution in [3.05, 3.63) is 0 Å². The highest BCUT2D eigenvalue weighted by Gasteiger charge is 2.64. The van der Waals surface area contributed by atoms with Gasteiger partial charge in [0.25, 0.3) is 0 Å². The van der Waals surface area contributed by atoms with Crippen molar-refractivity contribution in [3.8, 4) is 0 Å². The molecule has 0 radical (unpaired) electrons. The van der Waals surface area contributed by atoms with Crippen molar-refractivity contribution in [1.82, 2.24) is 0 Å². The van der Waals surface area contributed by atoms with E-state index in [4.69, 9.17) is 0 Å². The third-order valence-electron chi connectivity index (χ3n) is 11.2. The summed E-state index contributed by atoms with van der Waals surface area (Å²) in [7, 11) is -4.61. The maximum Gasteiger partial charge on any atom is 0.217 e. The van der Waals surface area contributed by atoms with E-state index in [0.717, 1.165) is 51.4 Å². The third-order valence-corrected chi connectivity index (χ3v) is 11.6. The lowest BCUT2D eigenvalue weighted by atomic mass is 9.41. The molecule has 0 aromatic carbocycles. The second kappa shape index (κ2) is 9.34. The summed E-state index contributed by atoms with van der Waals surface area (Å²) in [6.45, 7) is 9.37. The van der Waals surface area contributed by atoms with Crippen LogP contribution in [0.3, 0.4) is 0 Å². The Hall–Kier alpha value is -0.210. The molecule has 4 fully saturated rings. The molecule has 4 unspecified atom stereocenters. The van der Waals surface area contributed by atoms with E-state index in [-0.39, 0.29) is 35.6 Å². The normalized spacial score (nSPS) is 48.6. The first kappa shape index (κ1) is 25.9. The molecule has 0 bridgehead atoms. The summed E-state index contributed by atoms with van der Waals surface area (Å²) in [6, 6.07) is 0. The number of hydrogen-bond acceptors (Lipinski definition) is 6. The zero-order chi connectivity index (χ0) is 24.2. The number of aliphatic hydroxyl groups is 2. The van der Waals surface area contributed by atoms with E-state index in [9.17, 15) is 23.2 Å². The summed E-state index contributed by atoms with van der Waals surface area (Å²) in [6.07, 6.45) is 9.40. The van der Waals surface area contributed by atoms with Crippen LogP contribution in [0, 0.1) is 52.3 Å². The van der Waals surface area contributed by atoms with Crippen molar-refractivity contribution in [1.29, 1.82) is 0 Å². The fraction of sp³-hybridized carbons (Fsp3) is 1.00. The van der Waals surface area contributed by atoms with Gasteiger partial charge in [-0.05, 0) is 110 Å². The molecule has 4 aliphatic carbocycles. The number of rotatable bonds is 7. The van der Waals surface area contributed by atoms with Crippen molar-refractivity contribution >= 4 is 10.4 Å². The monoisotopic (exact) mass is 485 g/mol. The summed E-state index contributed by atoms with van der Waals surface area (Å²) in [4.78, 5) is 0. The average molecular weight is 486 g/mol. The molecule has 33 heavy (non-hydrogen) atoms. The smallest absolute Gasteiger partial charge is 0.217 e. The first-order valence-corrected chi connectivity index (χ1v) is 14.7. The minimum Gasteiger partial charge on any atom is -0.726 e. The summed E-state index contributed by atoms with van der Waals surface area (Å²) in [5.41, 5.74) is 0.415. The van der Waals surface area contributed by atoms with Crippen LogP contribution in [-0.2, 0) is 14.6 Å². The van der Waals surface area contributed by atoms with Crippen LogP contribution < -0.4 is 0 Å². The van der Waals surface area contributed by atoms with E-state index in [0.29, 0.717) is 41.9 Å². The van der Waals surface area contributed by atoms with Gasteiger partial charge in [-0.2, -0.15) is 0 Å². The van der Waals surface area contributed by atoms with Crippen molar-refractivity contribution in [3.63, 3.8) is 0 Å². The molecule has 4 rings (SSSR count). The topological polar surface area (TPSA) is 107 Å². The molecule has 192 valence electrons. The van der Waals surface area contributed by atoms with Crippen LogP contribution in [0.4, 0.5) is 0 Å². The molecular formula is C26H45O6S-. The van der Waals surface area contributed by atoms with E-state index < -0.39 is 10.4 Å². The molecule has 4 saturated carbocycles. The lowest BCUT2D eigenvalue weighted by Crippen LogP contribution is -2.62. The Morgan fingerprint density at radius 2 is 1.70 bits per heavy atom. The van der Waals surface area contributed by atoms with Crippen LogP contribution in [0.5, 0.6) is 0 Å². The minimum absolute atomic E-state index is 0.0315. The highest BCUT2D eigenvalue weighted by molar-refractivity contribution is 7.80. The van der Waals surface area contributed by atoms with Crippen LogP contribution in [0.1, 0.15) is 91.9 Å². The maximum absolute atomic E-state index is 11.8. The minimum atomic E-state index is -4.61. The second-order valence-corrected chi connectivity index (χ2v) is 13.5. The van der Waals surface area contributed by atoms with Crippen LogP contribution in [0.15, 0.2) is 0 Å². The Bertz CT molecular complexity index is 801. The molecule has 0 aromatic heterocycles. The van der Waals surface area contributed by atoms with Gasteiger partial charge in [0, 0.05) is 0 Å². The Labute approximate surface area is 200 Å². The third kappa shape index (κ3) is 4.54. The van der Waals surface area contributed by atoms with E-state index in [1.807, 2.05) is 0 Å². The van der Waals surface area contributed by atoms with Gasteiger partial charge in [-0.25, -0.2) is 8.42 Å². The standard InChI is InChI=1S/C26H46O6S/c1-5-18-22-15-17(27)10-12-26(22,4)21-11-13-25(3)19(8-9-20(25)23(21)24(18)28)16(2)7-6-14-32-33(29,30)31/h16-24,27-28H,5-15H2,1-4H3,(H,29,30,31)/p-1/t16?,17-,18-,19-,20?,21?,22+,23?,24-,25-,26-/m1/s1. The number of fused-ring (bicyclic) bond motifs is 5. The van der Waals surface area contributed by atoms with Crippen molar-refractivity contribution < 1.29 is 27.4 Å². The van der Waals surface area contributed by atoms with Gasteiger partial charge < -0.3 is 14.8 Å². The maximum atomic E-state index is 11.8. The molecule has 2 N–H and O–H groups in total. The Morgan fingerprint density at radius 1 is 1.03 bits per heavy atom. The molecule has 0 amide bonds. The van der Waals surface area contributed by atoms with Crippen LogP contribution in [-0.4, -0.2) is 42.0 Å². The quantitative estimate of drug-likeness (QED) is 0.312. The second-order valence-electron chi connectivity index (χ2n) is 12.5. The van der Waals surface area contributed by atoms with Crippen LogP contribution >= 0.6 is 0 Å². The van der Waals surface area contributed by atoms with Crippen molar-refractivity contribution in [2.75, 3.05) is 6.61 Å². The molecular weight excluding hydrogens is 440 g/mol. The molecule has 7 heteroatoms. The molecule has 0 spiro atoms. The zero-order valence-corrected chi connectivity index (χ0v) is 21.7. The molecule has 11 atom stereocenters. The lowest BCUT2D eigenvalue weighted by molar-refractivity contribution is -0.203. The van der Waals surface area contributed by atoms with Gasteiger partial charge in [-0.3, -0.25) is 4.18 Å². The zero-order valence-electron chi connectivity index (χ0n) is 20.9. The molecule has 0 aromatic rings. The number of aliphatic hydroxyl groups excluding tert-OH is 2. The van der Waals surface area contributed by atoms with Gasteiger partial charge in [-0.1, -0.05) is 34.1 Å². The molecule has 0 saturated heterocycles. The van der Waals surface area contributed by atoms with E-state index in [1.54, 1.807) is 0 Å². The Morgan fingerprint density at radius 3 is 2.36 bits per heavy atom. The number of hydrogen-bond donors (Lipinski definition) is 2. The molecule has 6 nitrogen and oxygen atoms in total. The fourth-order valence-corrected chi connectivity index (χ4v) is 10.0. The fourth-order valence-electron chi connectivity index (χ4n) is 9.70. The van der Waals surface area contributed by atoms with Gasteiger partial charge in [-0.15, -0.1) is 0 Å². The van der Waals surface area contributed by atoms with Gasteiger partial charge in [0.1, 0.15) is 0 Å². The lowest BCUT2D eigenvalue weighted by Gasteiger charge is -2.64. The first-order chi connectivity index (χ1) is 15.4.